The summed E-state index contributed by atoms with van der Waals surface area (Å²) >= 11 is 0. The highest BCUT2D eigenvalue weighted by molar-refractivity contribution is 5.76. The lowest BCUT2D eigenvalue weighted by Crippen LogP contribution is -2.57. The molecule has 136 valence electrons. The number of ether oxygens (including phenoxy) is 3. The lowest BCUT2D eigenvalue weighted by molar-refractivity contribution is -0.0510. The van der Waals surface area contributed by atoms with Gasteiger partial charge in [0, 0.05) is 11.6 Å². The third-order valence-corrected chi connectivity index (χ3v) is 4.31. The van der Waals surface area contributed by atoms with Crippen LogP contribution in [-0.2, 0) is 9.47 Å². The van der Waals surface area contributed by atoms with E-state index >= 15 is 0 Å². The van der Waals surface area contributed by atoms with Crippen LogP contribution in [-0.4, -0.2) is 49.0 Å². The van der Waals surface area contributed by atoms with E-state index in [0.717, 1.165) is 11.1 Å². The molecular weight excluding hydrogens is 325 g/mol. The van der Waals surface area contributed by atoms with E-state index in [1.54, 1.807) is 11.0 Å². The number of carbonyl (C=O) groups excluding carboxylic acids is 1. The molecule has 2 aliphatic rings. The summed E-state index contributed by atoms with van der Waals surface area (Å²) in [5, 5.41) is 0. The topological polar surface area (TPSA) is 48.0 Å². The summed E-state index contributed by atoms with van der Waals surface area (Å²) in [5.41, 5.74) is 1.34. The minimum absolute atomic E-state index is 0.108. The van der Waals surface area contributed by atoms with Gasteiger partial charge in [-0.25, -0.2) is 9.18 Å². The Morgan fingerprint density at radius 2 is 2.08 bits per heavy atom. The highest BCUT2D eigenvalue weighted by Gasteiger charge is 2.40. The van der Waals surface area contributed by atoms with Crippen LogP contribution in [0.2, 0.25) is 0 Å². The summed E-state index contributed by atoms with van der Waals surface area (Å²) in [4.78, 5) is 14.3. The lowest BCUT2D eigenvalue weighted by atomic mass is 9.89. The SMILES string of the molecule is COc1cc(F)ccc1C1=CC2COCC(C1)N2C(=O)OC(C)(C)C. The number of benzene rings is 1. The monoisotopic (exact) mass is 349 g/mol. The fraction of sp³-hybridized carbons (Fsp3) is 0.526. The summed E-state index contributed by atoms with van der Waals surface area (Å²) < 4.78 is 30.0. The molecule has 0 radical (unpaired) electrons. The van der Waals surface area contributed by atoms with E-state index in [9.17, 15) is 9.18 Å². The van der Waals surface area contributed by atoms with Crippen molar-refractivity contribution in [3.8, 4) is 5.75 Å². The molecular formula is C19H24FNO4. The molecule has 1 aromatic carbocycles. The quantitative estimate of drug-likeness (QED) is 0.818. The molecule has 0 N–H and O–H groups in total. The number of halogens is 1. The van der Waals surface area contributed by atoms with Crippen LogP contribution >= 0.6 is 0 Å². The van der Waals surface area contributed by atoms with Crippen LogP contribution in [0.4, 0.5) is 9.18 Å². The van der Waals surface area contributed by atoms with Gasteiger partial charge in [0.2, 0.25) is 0 Å². The van der Waals surface area contributed by atoms with Crippen molar-refractivity contribution in [3.63, 3.8) is 0 Å². The Hall–Kier alpha value is -2.08. The first-order valence-electron chi connectivity index (χ1n) is 8.42. The zero-order chi connectivity index (χ0) is 18.2. The van der Waals surface area contributed by atoms with Gasteiger partial charge >= 0.3 is 6.09 Å². The minimum atomic E-state index is -0.545. The molecule has 1 amide bonds. The summed E-state index contributed by atoms with van der Waals surface area (Å²) in [7, 11) is 1.53. The molecule has 1 aromatic rings. The van der Waals surface area contributed by atoms with Crippen LogP contribution in [0, 0.1) is 5.82 Å². The Kier molecular flexibility index (Phi) is 4.73. The molecule has 0 aromatic heterocycles. The molecule has 25 heavy (non-hydrogen) atoms. The van der Waals surface area contributed by atoms with Gasteiger partial charge in [0.15, 0.2) is 0 Å². The van der Waals surface area contributed by atoms with Crippen molar-refractivity contribution in [2.75, 3.05) is 20.3 Å². The van der Waals surface area contributed by atoms with Crippen molar-refractivity contribution in [1.29, 1.82) is 0 Å². The van der Waals surface area contributed by atoms with E-state index < -0.39 is 5.60 Å². The molecule has 0 aliphatic carbocycles. The van der Waals surface area contributed by atoms with Gasteiger partial charge in [-0.15, -0.1) is 0 Å². The highest BCUT2D eigenvalue weighted by Crippen LogP contribution is 2.37. The summed E-state index contributed by atoms with van der Waals surface area (Å²) in [6.45, 7) is 6.43. The molecule has 6 heteroatoms. The average molecular weight is 349 g/mol. The van der Waals surface area contributed by atoms with Crippen LogP contribution in [0.1, 0.15) is 32.8 Å². The van der Waals surface area contributed by atoms with Gasteiger partial charge in [-0.1, -0.05) is 6.08 Å². The third kappa shape index (κ3) is 3.79. The lowest BCUT2D eigenvalue weighted by Gasteiger charge is -2.44. The number of amides is 1. The van der Waals surface area contributed by atoms with Gasteiger partial charge in [0.25, 0.3) is 0 Å². The molecule has 0 spiro atoms. The van der Waals surface area contributed by atoms with Gasteiger partial charge < -0.3 is 14.2 Å². The van der Waals surface area contributed by atoms with Gasteiger partial charge in [-0.2, -0.15) is 0 Å². The number of fused-ring (bicyclic) bond motifs is 2. The van der Waals surface area contributed by atoms with Gasteiger partial charge in [0.05, 0.1) is 32.4 Å². The first-order chi connectivity index (χ1) is 11.8. The van der Waals surface area contributed by atoms with Crippen molar-refractivity contribution in [2.24, 2.45) is 0 Å². The number of morpholine rings is 1. The Labute approximate surface area is 147 Å². The number of nitrogens with zero attached hydrogens (tertiary/aromatic N) is 1. The third-order valence-electron chi connectivity index (χ3n) is 4.31. The predicted octanol–water partition coefficient (Wildman–Crippen LogP) is 3.63. The van der Waals surface area contributed by atoms with Crippen LogP contribution in [0.25, 0.3) is 5.57 Å². The standard InChI is InChI=1S/C19H24FNO4/c1-19(2,3)25-18(22)21-14-7-12(8-15(21)11-24-10-14)16-6-5-13(20)9-17(16)23-4/h5-7,9,14-15H,8,10-11H2,1-4H3. The van der Waals surface area contributed by atoms with Crippen molar-refractivity contribution < 1.29 is 23.4 Å². The van der Waals surface area contributed by atoms with Gasteiger partial charge in [-0.3, -0.25) is 4.90 Å². The number of hydrogen-bond donors (Lipinski definition) is 0. The normalized spacial score (nSPS) is 23.1. The fourth-order valence-electron chi connectivity index (χ4n) is 3.33. The largest absolute Gasteiger partial charge is 0.496 e. The van der Waals surface area contributed by atoms with Crippen molar-refractivity contribution in [2.45, 2.75) is 44.9 Å². The van der Waals surface area contributed by atoms with Crippen LogP contribution in [0.15, 0.2) is 24.3 Å². The summed E-state index contributed by atoms with van der Waals surface area (Å²) in [6, 6.07) is 4.21. The van der Waals surface area contributed by atoms with Crippen molar-refractivity contribution in [1.82, 2.24) is 4.90 Å². The van der Waals surface area contributed by atoms with Crippen molar-refractivity contribution >= 4 is 11.7 Å². The van der Waals surface area contributed by atoms with E-state index in [4.69, 9.17) is 14.2 Å². The first-order valence-corrected chi connectivity index (χ1v) is 8.42. The number of methoxy groups -OCH3 is 1. The average Bonchev–Trinajstić information content (AvgIpc) is 2.51. The molecule has 2 unspecified atom stereocenters. The Morgan fingerprint density at radius 1 is 1.32 bits per heavy atom. The molecule has 2 aliphatic heterocycles. The first kappa shape index (κ1) is 17.7. The Balaban J connectivity index is 1.90. The molecule has 5 nitrogen and oxygen atoms in total. The van der Waals surface area contributed by atoms with Gasteiger partial charge in [-0.05, 0) is 44.9 Å². The fourth-order valence-corrected chi connectivity index (χ4v) is 3.33. The smallest absolute Gasteiger partial charge is 0.411 e. The molecule has 1 fully saturated rings. The Bertz CT molecular complexity index is 695. The maximum Gasteiger partial charge on any atom is 0.411 e. The zero-order valence-corrected chi connectivity index (χ0v) is 15.0. The van der Waals surface area contributed by atoms with Crippen LogP contribution < -0.4 is 4.74 Å². The van der Waals surface area contributed by atoms with Gasteiger partial charge in [0.1, 0.15) is 17.2 Å². The van der Waals surface area contributed by atoms with Crippen LogP contribution in [0.3, 0.4) is 0 Å². The maximum atomic E-state index is 13.5. The minimum Gasteiger partial charge on any atom is -0.496 e. The highest BCUT2D eigenvalue weighted by atomic mass is 19.1. The Morgan fingerprint density at radius 3 is 2.72 bits per heavy atom. The molecule has 2 bridgehead atoms. The molecule has 2 atom stereocenters. The van der Waals surface area contributed by atoms with Crippen molar-refractivity contribution in [3.05, 3.63) is 35.7 Å². The predicted molar refractivity (Wildman–Crippen MR) is 92.0 cm³/mol. The van der Waals surface area contributed by atoms with E-state index in [2.05, 4.69) is 0 Å². The second-order valence-electron chi connectivity index (χ2n) is 7.39. The summed E-state index contributed by atoms with van der Waals surface area (Å²) in [6.07, 6.45) is 2.28. The molecule has 0 saturated carbocycles. The second-order valence-corrected chi connectivity index (χ2v) is 7.39. The molecule has 2 heterocycles. The number of carbonyl (C=O) groups is 1. The van der Waals surface area contributed by atoms with E-state index in [1.165, 1.54) is 19.2 Å². The van der Waals surface area contributed by atoms with Crippen LogP contribution in [0.5, 0.6) is 5.75 Å². The zero-order valence-electron chi connectivity index (χ0n) is 15.0. The maximum absolute atomic E-state index is 13.5. The number of hydrogen-bond acceptors (Lipinski definition) is 4. The number of rotatable bonds is 2. The van der Waals surface area contributed by atoms with E-state index in [1.807, 2.05) is 26.8 Å². The van der Waals surface area contributed by atoms with E-state index in [-0.39, 0.29) is 24.0 Å². The molecule has 1 saturated heterocycles. The molecule has 3 rings (SSSR count). The second kappa shape index (κ2) is 6.67. The van der Waals surface area contributed by atoms with E-state index in [0.29, 0.717) is 25.4 Å². The summed E-state index contributed by atoms with van der Waals surface area (Å²) in [5.74, 6) is 0.159.